The van der Waals surface area contributed by atoms with Crippen LogP contribution in [0.5, 0.6) is 0 Å². The molecule has 1 fully saturated rings. The zero-order valence-electron chi connectivity index (χ0n) is 9.91. The highest BCUT2D eigenvalue weighted by Crippen LogP contribution is 2.22. The second-order valence-corrected chi connectivity index (χ2v) is 4.63. The van der Waals surface area contributed by atoms with E-state index in [1.54, 1.807) is 17.2 Å². The first-order chi connectivity index (χ1) is 8.79. The molecule has 0 unspecified atom stereocenters. The van der Waals surface area contributed by atoms with Gasteiger partial charge in [0.05, 0.1) is 11.1 Å². The number of aromatic nitrogens is 1. The van der Waals surface area contributed by atoms with Crippen LogP contribution in [0.4, 0.5) is 0 Å². The average molecular weight is 242 g/mol. The maximum absolute atomic E-state index is 12.3. The van der Waals surface area contributed by atoms with Crippen LogP contribution in [0.3, 0.4) is 0 Å². The Kier molecular flexibility index (Phi) is 2.72. The molecule has 0 aliphatic carbocycles. The van der Waals surface area contributed by atoms with Crippen molar-refractivity contribution >= 4 is 16.8 Å². The summed E-state index contributed by atoms with van der Waals surface area (Å²) in [5.74, 6) is 0.264. The van der Waals surface area contributed by atoms with Crippen molar-refractivity contribution in [3.05, 3.63) is 42.1 Å². The third-order valence-electron chi connectivity index (χ3n) is 3.38. The Morgan fingerprint density at radius 3 is 2.89 bits per heavy atom. The van der Waals surface area contributed by atoms with Crippen molar-refractivity contribution in [1.29, 1.82) is 0 Å². The highest BCUT2D eigenvalue weighted by atomic mass is 16.3. The van der Waals surface area contributed by atoms with Crippen LogP contribution in [-0.2, 0) is 0 Å². The lowest BCUT2D eigenvalue weighted by atomic mass is 9.99. The molecule has 18 heavy (non-hydrogen) atoms. The van der Waals surface area contributed by atoms with Crippen molar-refractivity contribution in [2.24, 2.45) is 5.92 Å². The molecule has 1 aromatic carbocycles. The van der Waals surface area contributed by atoms with Crippen molar-refractivity contribution in [2.45, 2.75) is 0 Å². The minimum atomic E-state index is 0.0262. The Morgan fingerprint density at radius 1 is 1.33 bits per heavy atom. The van der Waals surface area contributed by atoms with E-state index in [0.717, 1.165) is 10.9 Å². The van der Waals surface area contributed by atoms with Gasteiger partial charge in [-0.1, -0.05) is 18.2 Å². The number of carbonyl (C=O) groups excluding carboxylic acids is 1. The van der Waals surface area contributed by atoms with Crippen molar-refractivity contribution in [3.8, 4) is 0 Å². The summed E-state index contributed by atoms with van der Waals surface area (Å²) in [6, 6.07) is 9.40. The predicted octanol–water partition coefficient (Wildman–Crippen LogP) is 1.30. The first-order valence-electron chi connectivity index (χ1n) is 6.03. The number of rotatable bonds is 2. The zero-order valence-corrected chi connectivity index (χ0v) is 9.91. The van der Waals surface area contributed by atoms with Crippen molar-refractivity contribution in [2.75, 3.05) is 19.7 Å². The van der Waals surface area contributed by atoms with Crippen LogP contribution in [0.1, 0.15) is 10.4 Å². The lowest BCUT2D eigenvalue weighted by molar-refractivity contribution is 0.0364. The standard InChI is InChI=1S/C14H14N2O2/c17-9-10-7-16(8-10)14(18)12-5-6-15-13-4-2-1-3-11(12)13/h1-6,10,17H,7-9H2. The summed E-state index contributed by atoms with van der Waals surface area (Å²) >= 11 is 0. The van der Waals surface area contributed by atoms with E-state index in [9.17, 15) is 4.79 Å². The molecule has 1 aromatic heterocycles. The van der Waals surface area contributed by atoms with Crippen molar-refractivity contribution in [1.82, 2.24) is 9.88 Å². The molecule has 1 aliphatic heterocycles. The number of aliphatic hydroxyl groups is 1. The van der Waals surface area contributed by atoms with Gasteiger partial charge in [-0.05, 0) is 12.1 Å². The minimum Gasteiger partial charge on any atom is -0.396 e. The van der Waals surface area contributed by atoms with Gasteiger partial charge in [0.1, 0.15) is 0 Å². The predicted molar refractivity (Wildman–Crippen MR) is 68.2 cm³/mol. The third-order valence-corrected chi connectivity index (χ3v) is 3.38. The summed E-state index contributed by atoms with van der Waals surface area (Å²) in [7, 11) is 0. The van der Waals surface area contributed by atoms with Gasteiger partial charge >= 0.3 is 0 Å². The van der Waals surface area contributed by atoms with Crippen LogP contribution in [0, 0.1) is 5.92 Å². The SMILES string of the molecule is O=C(c1ccnc2ccccc12)N1CC(CO)C1. The molecule has 2 heterocycles. The van der Waals surface area contributed by atoms with Gasteiger partial charge in [0.25, 0.3) is 5.91 Å². The number of fused-ring (bicyclic) bond motifs is 1. The fourth-order valence-corrected chi connectivity index (χ4v) is 2.30. The second-order valence-electron chi connectivity index (χ2n) is 4.63. The Hall–Kier alpha value is -1.94. The molecule has 0 atom stereocenters. The van der Waals surface area contributed by atoms with Gasteiger partial charge in [-0.2, -0.15) is 0 Å². The number of amides is 1. The molecular weight excluding hydrogens is 228 g/mol. The topological polar surface area (TPSA) is 53.4 Å². The van der Waals surface area contributed by atoms with Gasteiger partial charge in [0, 0.05) is 37.2 Å². The lowest BCUT2D eigenvalue weighted by Gasteiger charge is -2.38. The summed E-state index contributed by atoms with van der Waals surface area (Å²) in [6.07, 6.45) is 1.67. The number of likely N-dealkylation sites (tertiary alicyclic amines) is 1. The van der Waals surface area contributed by atoms with Crippen molar-refractivity contribution < 1.29 is 9.90 Å². The molecule has 1 saturated heterocycles. The maximum atomic E-state index is 12.3. The van der Waals surface area contributed by atoms with Crippen LogP contribution in [-0.4, -0.2) is 40.6 Å². The molecule has 1 N–H and O–H groups in total. The van der Waals surface area contributed by atoms with Gasteiger partial charge in [0.15, 0.2) is 0 Å². The summed E-state index contributed by atoms with van der Waals surface area (Å²) < 4.78 is 0. The molecule has 2 aromatic rings. The van der Waals surface area contributed by atoms with Crippen molar-refractivity contribution in [3.63, 3.8) is 0 Å². The first kappa shape index (κ1) is 11.2. The van der Waals surface area contributed by atoms with E-state index in [-0.39, 0.29) is 18.4 Å². The zero-order chi connectivity index (χ0) is 12.5. The number of nitrogens with zero attached hydrogens (tertiary/aromatic N) is 2. The fraction of sp³-hybridized carbons (Fsp3) is 0.286. The monoisotopic (exact) mass is 242 g/mol. The highest BCUT2D eigenvalue weighted by Gasteiger charge is 2.31. The molecule has 3 rings (SSSR count). The number of pyridine rings is 1. The number of hydrogen-bond acceptors (Lipinski definition) is 3. The van der Waals surface area contributed by atoms with E-state index in [2.05, 4.69) is 4.98 Å². The van der Waals surface area contributed by atoms with Gasteiger partial charge in [-0.15, -0.1) is 0 Å². The van der Waals surface area contributed by atoms with Gasteiger partial charge in [0.2, 0.25) is 0 Å². The maximum Gasteiger partial charge on any atom is 0.254 e. The largest absolute Gasteiger partial charge is 0.396 e. The molecule has 0 spiro atoms. The Bertz CT molecular complexity index is 586. The molecule has 1 amide bonds. The van der Waals surface area contributed by atoms with E-state index in [1.165, 1.54) is 0 Å². The molecule has 0 saturated carbocycles. The Labute approximate surface area is 105 Å². The van der Waals surface area contributed by atoms with E-state index in [0.29, 0.717) is 18.7 Å². The van der Waals surface area contributed by atoms with E-state index < -0.39 is 0 Å². The van der Waals surface area contributed by atoms with E-state index in [4.69, 9.17) is 5.11 Å². The number of para-hydroxylation sites is 1. The normalized spacial score (nSPS) is 15.7. The summed E-state index contributed by atoms with van der Waals surface area (Å²) in [4.78, 5) is 18.3. The minimum absolute atomic E-state index is 0.0262. The molecule has 4 nitrogen and oxygen atoms in total. The molecule has 0 radical (unpaired) electrons. The highest BCUT2D eigenvalue weighted by molar-refractivity contribution is 6.06. The molecule has 4 heteroatoms. The van der Waals surface area contributed by atoms with E-state index >= 15 is 0 Å². The third kappa shape index (κ3) is 1.75. The van der Waals surface area contributed by atoms with Crippen LogP contribution in [0.15, 0.2) is 36.5 Å². The molecule has 92 valence electrons. The quantitative estimate of drug-likeness (QED) is 0.863. The number of carbonyl (C=O) groups is 1. The number of hydrogen-bond donors (Lipinski definition) is 1. The van der Waals surface area contributed by atoms with Gasteiger partial charge in [-0.25, -0.2) is 0 Å². The fourth-order valence-electron chi connectivity index (χ4n) is 2.30. The molecule has 1 aliphatic rings. The van der Waals surface area contributed by atoms with Gasteiger partial charge in [-0.3, -0.25) is 9.78 Å². The Balaban J connectivity index is 1.93. The van der Waals surface area contributed by atoms with Crippen LogP contribution in [0.25, 0.3) is 10.9 Å². The second kappa shape index (κ2) is 4.38. The average Bonchev–Trinajstić information content (AvgIpc) is 2.36. The smallest absolute Gasteiger partial charge is 0.254 e. The summed E-state index contributed by atoms with van der Waals surface area (Å²) in [6.45, 7) is 1.44. The number of benzene rings is 1. The van der Waals surface area contributed by atoms with Crippen LogP contribution < -0.4 is 0 Å². The first-order valence-corrected chi connectivity index (χ1v) is 6.03. The summed E-state index contributed by atoms with van der Waals surface area (Å²) in [5, 5.41) is 9.87. The van der Waals surface area contributed by atoms with E-state index in [1.807, 2.05) is 24.3 Å². The number of aliphatic hydroxyl groups excluding tert-OH is 1. The molecular formula is C14H14N2O2. The molecule has 0 bridgehead atoms. The van der Waals surface area contributed by atoms with Gasteiger partial charge < -0.3 is 10.0 Å². The lowest BCUT2D eigenvalue weighted by Crippen LogP contribution is -2.51. The van der Waals surface area contributed by atoms with Crippen LogP contribution >= 0.6 is 0 Å². The Morgan fingerprint density at radius 2 is 2.11 bits per heavy atom. The van der Waals surface area contributed by atoms with Crippen LogP contribution in [0.2, 0.25) is 0 Å². The summed E-state index contributed by atoms with van der Waals surface area (Å²) in [5.41, 5.74) is 1.53.